The van der Waals surface area contributed by atoms with Crippen LogP contribution < -0.4 is 9.62 Å². The monoisotopic (exact) mass is 458 g/mol. The molecule has 1 amide bonds. The smallest absolute Gasteiger partial charge is 0.264 e. The maximum Gasteiger partial charge on any atom is 0.264 e. The van der Waals surface area contributed by atoms with Gasteiger partial charge < -0.3 is 5.32 Å². The Labute approximate surface area is 186 Å². The molecule has 0 aliphatic heterocycles. The number of carbonyl (C=O) groups is 1. The average molecular weight is 459 g/mol. The van der Waals surface area contributed by atoms with E-state index in [2.05, 4.69) is 5.32 Å². The minimum atomic E-state index is -4.10. The minimum Gasteiger partial charge on any atom is -0.324 e. The Bertz CT molecular complexity index is 1200. The van der Waals surface area contributed by atoms with Crippen molar-refractivity contribution >= 4 is 39.1 Å². The zero-order valence-corrected chi connectivity index (χ0v) is 19.1. The Morgan fingerprint density at radius 2 is 1.71 bits per heavy atom. The van der Waals surface area contributed by atoms with Gasteiger partial charge in [0.2, 0.25) is 5.91 Å². The van der Waals surface area contributed by atoms with Gasteiger partial charge >= 0.3 is 0 Å². The fourth-order valence-corrected chi connectivity index (χ4v) is 4.85. The van der Waals surface area contributed by atoms with Gasteiger partial charge in [-0.1, -0.05) is 18.2 Å². The lowest BCUT2D eigenvalue weighted by Crippen LogP contribution is -2.38. The summed E-state index contributed by atoms with van der Waals surface area (Å²) in [6, 6.07) is 17.0. The molecule has 0 heterocycles. The highest BCUT2D eigenvalue weighted by molar-refractivity contribution is 7.98. The molecule has 3 rings (SSSR count). The molecule has 0 aliphatic rings. The van der Waals surface area contributed by atoms with Crippen molar-refractivity contribution in [3.05, 3.63) is 83.7 Å². The maximum absolute atomic E-state index is 13.9. The van der Waals surface area contributed by atoms with Crippen molar-refractivity contribution in [2.75, 3.05) is 22.4 Å². The van der Waals surface area contributed by atoms with Crippen LogP contribution in [-0.2, 0) is 14.8 Å². The first-order valence-corrected chi connectivity index (χ1v) is 12.2. The van der Waals surface area contributed by atoms with E-state index in [4.69, 9.17) is 0 Å². The molecular weight excluding hydrogens is 435 g/mol. The molecule has 0 atom stereocenters. The van der Waals surface area contributed by atoms with Gasteiger partial charge in [-0.3, -0.25) is 9.10 Å². The average Bonchev–Trinajstić information content (AvgIpc) is 2.75. The third-order valence-electron chi connectivity index (χ3n) is 4.91. The number of halogens is 1. The van der Waals surface area contributed by atoms with E-state index >= 15 is 0 Å². The molecule has 31 heavy (non-hydrogen) atoms. The van der Waals surface area contributed by atoms with Crippen molar-refractivity contribution in [3.63, 3.8) is 0 Å². The van der Waals surface area contributed by atoms with Crippen LogP contribution in [0.25, 0.3) is 0 Å². The minimum absolute atomic E-state index is 0.0223. The number of sulfonamides is 1. The Hall–Kier alpha value is -2.84. The number of benzene rings is 3. The lowest BCUT2D eigenvalue weighted by Gasteiger charge is -2.24. The van der Waals surface area contributed by atoms with Crippen LogP contribution in [0.2, 0.25) is 0 Å². The molecule has 162 valence electrons. The summed E-state index contributed by atoms with van der Waals surface area (Å²) in [6.07, 6.45) is 1.89. The Balaban J connectivity index is 1.96. The highest BCUT2D eigenvalue weighted by Gasteiger charge is 2.27. The van der Waals surface area contributed by atoms with Crippen molar-refractivity contribution in [1.82, 2.24) is 0 Å². The van der Waals surface area contributed by atoms with E-state index in [1.54, 1.807) is 18.2 Å². The SMILES string of the molecule is CSc1ccc(S(=O)(=O)N(CC(=O)Nc2cccc(C)c2C)c2cccc(F)c2)cc1. The highest BCUT2D eigenvalue weighted by Crippen LogP contribution is 2.26. The van der Waals surface area contributed by atoms with Crippen LogP contribution in [0.3, 0.4) is 0 Å². The maximum atomic E-state index is 13.9. The molecule has 0 bridgehead atoms. The summed E-state index contributed by atoms with van der Waals surface area (Å²) in [5, 5.41) is 2.77. The molecule has 0 aliphatic carbocycles. The number of hydrogen-bond donors (Lipinski definition) is 1. The van der Waals surface area contributed by atoms with Gasteiger partial charge in [-0.25, -0.2) is 12.8 Å². The van der Waals surface area contributed by atoms with Crippen LogP contribution in [0.5, 0.6) is 0 Å². The lowest BCUT2D eigenvalue weighted by atomic mass is 10.1. The molecule has 0 saturated heterocycles. The summed E-state index contributed by atoms with van der Waals surface area (Å²) >= 11 is 1.49. The lowest BCUT2D eigenvalue weighted by molar-refractivity contribution is -0.114. The Morgan fingerprint density at radius 1 is 1.03 bits per heavy atom. The summed E-state index contributed by atoms with van der Waals surface area (Å²) in [5.74, 6) is -1.12. The number of nitrogens with one attached hydrogen (secondary N) is 1. The topological polar surface area (TPSA) is 66.5 Å². The predicted molar refractivity (Wildman–Crippen MR) is 124 cm³/mol. The van der Waals surface area contributed by atoms with E-state index in [-0.39, 0.29) is 10.6 Å². The number of rotatable bonds is 7. The summed E-state index contributed by atoms with van der Waals surface area (Å²) in [7, 11) is -4.10. The summed E-state index contributed by atoms with van der Waals surface area (Å²) < 4.78 is 41.5. The van der Waals surface area contributed by atoms with E-state index in [9.17, 15) is 17.6 Å². The van der Waals surface area contributed by atoms with E-state index < -0.39 is 28.3 Å². The molecule has 3 aromatic carbocycles. The van der Waals surface area contributed by atoms with E-state index in [0.29, 0.717) is 5.69 Å². The van der Waals surface area contributed by atoms with Gasteiger partial charge in [-0.05, 0) is 79.8 Å². The molecule has 1 N–H and O–H groups in total. The van der Waals surface area contributed by atoms with E-state index in [0.717, 1.165) is 26.4 Å². The molecule has 0 fully saturated rings. The molecule has 0 aromatic heterocycles. The first kappa shape index (κ1) is 22.8. The van der Waals surface area contributed by atoms with Gasteiger partial charge in [0.15, 0.2) is 0 Å². The van der Waals surface area contributed by atoms with E-state index in [1.807, 2.05) is 32.2 Å². The van der Waals surface area contributed by atoms with Gasteiger partial charge in [0.1, 0.15) is 12.4 Å². The number of anilines is 2. The third kappa shape index (κ3) is 5.26. The predicted octanol–water partition coefficient (Wildman–Crippen LogP) is 5.00. The summed E-state index contributed by atoms with van der Waals surface area (Å²) in [4.78, 5) is 13.7. The zero-order valence-electron chi connectivity index (χ0n) is 17.4. The third-order valence-corrected chi connectivity index (χ3v) is 7.44. The largest absolute Gasteiger partial charge is 0.324 e. The second kappa shape index (κ2) is 9.53. The Kier molecular flexibility index (Phi) is 7.02. The van der Waals surface area contributed by atoms with Crippen LogP contribution in [0, 0.1) is 19.7 Å². The van der Waals surface area contributed by atoms with Gasteiger partial charge in [-0.15, -0.1) is 11.8 Å². The summed E-state index contributed by atoms with van der Waals surface area (Å²) in [6.45, 7) is 3.30. The standard InChI is InChI=1S/C23H23FN2O3S2/c1-16-6-4-9-22(17(16)2)25-23(27)15-26(19-8-5-7-18(24)14-19)31(28,29)21-12-10-20(30-3)11-13-21/h4-14H,15H2,1-3H3,(H,25,27). The van der Waals surface area contributed by atoms with Gasteiger partial charge in [0.25, 0.3) is 10.0 Å². The van der Waals surface area contributed by atoms with Crippen molar-refractivity contribution in [2.45, 2.75) is 23.6 Å². The molecule has 0 radical (unpaired) electrons. The molecule has 0 spiro atoms. The molecule has 0 unspecified atom stereocenters. The van der Waals surface area contributed by atoms with E-state index in [1.165, 1.54) is 42.1 Å². The highest BCUT2D eigenvalue weighted by atomic mass is 32.2. The van der Waals surface area contributed by atoms with Crippen LogP contribution in [0.15, 0.2) is 76.5 Å². The number of nitrogens with zero attached hydrogens (tertiary/aromatic N) is 1. The number of amides is 1. The molecule has 0 saturated carbocycles. The van der Waals surface area contributed by atoms with Crippen molar-refractivity contribution in [3.8, 4) is 0 Å². The summed E-state index contributed by atoms with van der Waals surface area (Å²) in [5.41, 5.74) is 2.57. The molecule has 5 nitrogen and oxygen atoms in total. The number of aryl methyl sites for hydroxylation is 1. The zero-order chi connectivity index (χ0) is 22.6. The number of hydrogen-bond acceptors (Lipinski definition) is 4. The van der Waals surface area contributed by atoms with Crippen LogP contribution in [0.1, 0.15) is 11.1 Å². The van der Waals surface area contributed by atoms with Gasteiger partial charge in [0, 0.05) is 10.6 Å². The quantitative estimate of drug-likeness (QED) is 0.506. The van der Waals surface area contributed by atoms with Crippen LogP contribution >= 0.6 is 11.8 Å². The van der Waals surface area contributed by atoms with Crippen molar-refractivity contribution in [1.29, 1.82) is 0 Å². The van der Waals surface area contributed by atoms with Crippen LogP contribution in [0.4, 0.5) is 15.8 Å². The second-order valence-electron chi connectivity index (χ2n) is 6.96. The first-order chi connectivity index (χ1) is 14.7. The fourth-order valence-electron chi connectivity index (χ4n) is 3.03. The number of thioether (sulfide) groups is 1. The molecule has 3 aromatic rings. The van der Waals surface area contributed by atoms with Crippen molar-refractivity contribution < 1.29 is 17.6 Å². The van der Waals surface area contributed by atoms with Gasteiger partial charge in [0.05, 0.1) is 10.6 Å². The molecular formula is C23H23FN2O3S2. The fraction of sp³-hybridized carbons (Fsp3) is 0.174. The number of carbonyl (C=O) groups excluding carboxylic acids is 1. The second-order valence-corrected chi connectivity index (χ2v) is 9.70. The van der Waals surface area contributed by atoms with Crippen LogP contribution in [-0.4, -0.2) is 27.1 Å². The Morgan fingerprint density at radius 3 is 2.35 bits per heavy atom. The first-order valence-electron chi connectivity index (χ1n) is 9.51. The normalized spacial score (nSPS) is 11.2. The van der Waals surface area contributed by atoms with Crippen molar-refractivity contribution in [2.24, 2.45) is 0 Å². The van der Waals surface area contributed by atoms with Gasteiger partial charge in [-0.2, -0.15) is 0 Å². The molecule has 8 heteroatoms.